The smallest absolute Gasteiger partial charge is 0.272 e. The zero-order valence-electron chi connectivity index (χ0n) is 9.96. The van der Waals surface area contributed by atoms with E-state index in [4.69, 9.17) is 4.74 Å². The summed E-state index contributed by atoms with van der Waals surface area (Å²) in [5.74, 6) is -0.00505. The second kappa shape index (κ2) is 6.09. The van der Waals surface area contributed by atoms with E-state index in [9.17, 15) is 13.2 Å². The second-order valence-corrected chi connectivity index (χ2v) is 4.41. The van der Waals surface area contributed by atoms with Gasteiger partial charge in [-0.15, -0.1) is 0 Å². The van der Waals surface area contributed by atoms with E-state index in [0.717, 1.165) is 25.9 Å². The molecule has 0 spiro atoms. The molecule has 0 saturated carbocycles. The van der Waals surface area contributed by atoms with Crippen molar-refractivity contribution in [1.29, 1.82) is 0 Å². The molecule has 18 heavy (non-hydrogen) atoms. The summed E-state index contributed by atoms with van der Waals surface area (Å²) in [5.41, 5.74) is 0.654. The van der Waals surface area contributed by atoms with Crippen LogP contribution in [0, 0.1) is 5.82 Å². The van der Waals surface area contributed by atoms with Crippen LogP contribution in [-0.4, -0.2) is 26.1 Å². The van der Waals surface area contributed by atoms with Gasteiger partial charge in [0, 0.05) is 6.07 Å². The van der Waals surface area contributed by atoms with Crippen molar-refractivity contribution in [2.75, 3.05) is 19.7 Å². The first kappa shape index (κ1) is 13.2. The zero-order valence-corrected chi connectivity index (χ0v) is 9.96. The van der Waals surface area contributed by atoms with Gasteiger partial charge < -0.3 is 10.1 Å². The van der Waals surface area contributed by atoms with Crippen LogP contribution in [0.15, 0.2) is 18.2 Å². The highest BCUT2D eigenvalue weighted by Crippen LogP contribution is 2.29. The number of benzene rings is 1. The molecule has 1 aromatic rings. The Kier molecular flexibility index (Phi) is 4.47. The van der Waals surface area contributed by atoms with Gasteiger partial charge in [-0.3, -0.25) is 0 Å². The number of halogens is 3. The van der Waals surface area contributed by atoms with Crippen molar-refractivity contribution in [3.8, 4) is 5.75 Å². The molecule has 1 fully saturated rings. The number of piperidine rings is 1. The normalized spacial score (nSPS) is 17.1. The molecule has 1 aromatic carbocycles. The lowest BCUT2D eigenvalue weighted by molar-refractivity contribution is 0.0817. The van der Waals surface area contributed by atoms with Gasteiger partial charge in [0.15, 0.2) is 0 Å². The van der Waals surface area contributed by atoms with E-state index in [2.05, 4.69) is 5.32 Å². The summed E-state index contributed by atoms with van der Waals surface area (Å²) in [6, 6.07) is 4.40. The third-order valence-corrected chi connectivity index (χ3v) is 3.13. The van der Waals surface area contributed by atoms with E-state index in [1.54, 1.807) is 12.1 Å². The minimum absolute atomic E-state index is 0.158. The summed E-state index contributed by atoms with van der Waals surface area (Å²) in [5, 5.41) is 3.22. The van der Waals surface area contributed by atoms with E-state index < -0.39 is 13.0 Å². The SMILES string of the molecule is Fc1cc(OCC(F)F)ccc1C1CCNCC1. The monoisotopic (exact) mass is 259 g/mol. The molecular formula is C13H16F3NO. The molecule has 0 amide bonds. The van der Waals surface area contributed by atoms with Gasteiger partial charge in [-0.25, -0.2) is 13.2 Å². The number of alkyl halides is 2. The third-order valence-electron chi connectivity index (χ3n) is 3.13. The predicted octanol–water partition coefficient (Wildman–Crippen LogP) is 2.94. The molecule has 1 heterocycles. The quantitative estimate of drug-likeness (QED) is 0.897. The molecule has 1 saturated heterocycles. The van der Waals surface area contributed by atoms with Crippen LogP contribution < -0.4 is 10.1 Å². The molecule has 1 aliphatic heterocycles. The van der Waals surface area contributed by atoms with Gasteiger partial charge in [0.05, 0.1) is 0 Å². The summed E-state index contributed by atoms with van der Waals surface area (Å²) < 4.78 is 42.6. The molecule has 0 bridgehead atoms. The van der Waals surface area contributed by atoms with Crippen LogP contribution in [-0.2, 0) is 0 Å². The van der Waals surface area contributed by atoms with E-state index in [1.807, 2.05) is 0 Å². The Morgan fingerprint density at radius 1 is 1.28 bits per heavy atom. The Morgan fingerprint density at radius 2 is 2.00 bits per heavy atom. The third kappa shape index (κ3) is 3.38. The van der Waals surface area contributed by atoms with Crippen LogP contribution in [0.2, 0.25) is 0 Å². The maximum absolute atomic E-state index is 13.9. The van der Waals surface area contributed by atoms with Crippen LogP contribution in [0.1, 0.15) is 24.3 Å². The number of hydrogen-bond acceptors (Lipinski definition) is 2. The molecular weight excluding hydrogens is 243 g/mol. The number of nitrogens with one attached hydrogen (secondary N) is 1. The molecule has 0 radical (unpaired) electrons. The number of rotatable bonds is 4. The van der Waals surface area contributed by atoms with Crippen LogP contribution in [0.5, 0.6) is 5.75 Å². The van der Waals surface area contributed by atoms with Gasteiger partial charge in [-0.05, 0) is 43.5 Å². The summed E-state index contributed by atoms with van der Waals surface area (Å²) in [4.78, 5) is 0. The molecule has 0 unspecified atom stereocenters. The second-order valence-electron chi connectivity index (χ2n) is 4.41. The lowest BCUT2D eigenvalue weighted by Crippen LogP contribution is -2.27. The minimum Gasteiger partial charge on any atom is -0.488 e. The molecule has 100 valence electrons. The maximum atomic E-state index is 13.9. The first-order valence-electron chi connectivity index (χ1n) is 6.08. The first-order valence-corrected chi connectivity index (χ1v) is 6.08. The molecule has 0 aromatic heterocycles. The average Bonchev–Trinajstić information content (AvgIpc) is 2.37. The van der Waals surface area contributed by atoms with Gasteiger partial charge in [0.1, 0.15) is 18.2 Å². The van der Waals surface area contributed by atoms with E-state index in [1.165, 1.54) is 6.07 Å². The summed E-state index contributed by atoms with van der Waals surface area (Å²) in [6.45, 7) is 1.06. The Hall–Kier alpha value is -1.23. The zero-order chi connectivity index (χ0) is 13.0. The summed E-state index contributed by atoms with van der Waals surface area (Å²) in [7, 11) is 0. The molecule has 2 rings (SSSR count). The Morgan fingerprint density at radius 3 is 2.61 bits per heavy atom. The van der Waals surface area contributed by atoms with Crippen LogP contribution in [0.25, 0.3) is 0 Å². The summed E-state index contributed by atoms with van der Waals surface area (Å²) >= 11 is 0. The van der Waals surface area contributed by atoms with Crippen molar-refractivity contribution in [2.45, 2.75) is 25.2 Å². The molecule has 5 heteroatoms. The maximum Gasteiger partial charge on any atom is 0.272 e. The average molecular weight is 259 g/mol. The van der Waals surface area contributed by atoms with Crippen molar-refractivity contribution >= 4 is 0 Å². The van der Waals surface area contributed by atoms with Gasteiger partial charge in [-0.1, -0.05) is 6.07 Å². The molecule has 1 N–H and O–H groups in total. The first-order chi connectivity index (χ1) is 8.66. The van der Waals surface area contributed by atoms with Crippen molar-refractivity contribution in [3.63, 3.8) is 0 Å². The van der Waals surface area contributed by atoms with Crippen molar-refractivity contribution in [3.05, 3.63) is 29.6 Å². The minimum atomic E-state index is -2.54. The standard InChI is InChI=1S/C13H16F3NO/c14-12-7-10(18-8-13(15)16)1-2-11(12)9-3-5-17-6-4-9/h1-2,7,9,13,17H,3-6,8H2. The number of hydrogen-bond donors (Lipinski definition) is 1. The fraction of sp³-hybridized carbons (Fsp3) is 0.538. The Balaban J connectivity index is 2.04. The lowest BCUT2D eigenvalue weighted by Gasteiger charge is -2.23. The van der Waals surface area contributed by atoms with Crippen molar-refractivity contribution in [1.82, 2.24) is 5.32 Å². The van der Waals surface area contributed by atoms with E-state index >= 15 is 0 Å². The molecule has 0 aliphatic carbocycles. The summed E-state index contributed by atoms with van der Waals surface area (Å²) in [6.07, 6.45) is -0.750. The largest absolute Gasteiger partial charge is 0.488 e. The van der Waals surface area contributed by atoms with E-state index in [-0.39, 0.29) is 17.5 Å². The molecule has 0 atom stereocenters. The van der Waals surface area contributed by atoms with Crippen LogP contribution >= 0.6 is 0 Å². The van der Waals surface area contributed by atoms with Crippen molar-refractivity contribution in [2.24, 2.45) is 0 Å². The molecule has 1 aliphatic rings. The van der Waals surface area contributed by atoms with Gasteiger partial charge in [-0.2, -0.15) is 0 Å². The fourth-order valence-corrected chi connectivity index (χ4v) is 2.22. The highest BCUT2D eigenvalue weighted by molar-refractivity contribution is 5.31. The Bertz CT molecular complexity index is 392. The van der Waals surface area contributed by atoms with E-state index in [0.29, 0.717) is 5.56 Å². The highest BCUT2D eigenvalue weighted by atomic mass is 19.3. The predicted molar refractivity (Wildman–Crippen MR) is 62.7 cm³/mol. The van der Waals surface area contributed by atoms with Crippen molar-refractivity contribution < 1.29 is 17.9 Å². The Labute approximate surface area is 104 Å². The fourth-order valence-electron chi connectivity index (χ4n) is 2.22. The molecule has 2 nitrogen and oxygen atoms in total. The van der Waals surface area contributed by atoms with Gasteiger partial charge >= 0.3 is 0 Å². The van der Waals surface area contributed by atoms with Gasteiger partial charge in [0.25, 0.3) is 6.43 Å². The highest BCUT2D eigenvalue weighted by Gasteiger charge is 2.19. The lowest BCUT2D eigenvalue weighted by atomic mass is 9.90. The van der Waals surface area contributed by atoms with Crippen LogP contribution in [0.3, 0.4) is 0 Å². The number of ether oxygens (including phenoxy) is 1. The van der Waals surface area contributed by atoms with Gasteiger partial charge in [0.2, 0.25) is 0 Å². The van der Waals surface area contributed by atoms with Crippen LogP contribution in [0.4, 0.5) is 13.2 Å². The topological polar surface area (TPSA) is 21.3 Å².